The Bertz CT molecular complexity index is 142. The predicted molar refractivity (Wildman–Crippen MR) is 43.3 cm³/mol. The predicted octanol–water partition coefficient (Wildman–Crippen LogP) is 1.63. The van der Waals surface area contributed by atoms with Crippen LogP contribution in [0.15, 0.2) is 0 Å². The minimum Gasteiger partial charge on any atom is -0.367 e. The van der Waals surface area contributed by atoms with Gasteiger partial charge in [-0.2, -0.15) is 0 Å². The van der Waals surface area contributed by atoms with Crippen molar-refractivity contribution >= 4 is 6.29 Å². The third-order valence-corrected chi connectivity index (χ3v) is 2.37. The minimum atomic E-state index is -0.151. The molecule has 0 aromatic heterocycles. The van der Waals surface area contributed by atoms with Gasteiger partial charge in [0.15, 0.2) is 0 Å². The third kappa shape index (κ3) is 1.80. The van der Waals surface area contributed by atoms with Gasteiger partial charge in [-0.3, -0.25) is 0 Å². The minimum absolute atomic E-state index is 0.151. The summed E-state index contributed by atoms with van der Waals surface area (Å²) in [7, 11) is 0. The van der Waals surface area contributed by atoms with Gasteiger partial charge in [0.05, 0.1) is 6.10 Å². The SMILES string of the molecule is CC(C)[C@H]1C[C@H](C)[C@H](C=O)O1. The second-order valence-electron chi connectivity index (χ2n) is 3.73. The van der Waals surface area contributed by atoms with Crippen LogP contribution < -0.4 is 0 Å². The van der Waals surface area contributed by atoms with E-state index in [0.717, 1.165) is 12.7 Å². The van der Waals surface area contributed by atoms with Crippen LogP contribution in [-0.4, -0.2) is 18.5 Å². The second-order valence-corrected chi connectivity index (χ2v) is 3.73. The lowest BCUT2D eigenvalue weighted by Crippen LogP contribution is -2.18. The normalized spacial score (nSPS) is 38.0. The molecule has 0 spiro atoms. The first-order valence-corrected chi connectivity index (χ1v) is 4.26. The summed E-state index contributed by atoms with van der Waals surface area (Å²) < 4.78 is 5.52. The van der Waals surface area contributed by atoms with Gasteiger partial charge in [-0.05, 0) is 18.3 Å². The van der Waals surface area contributed by atoms with E-state index in [-0.39, 0.29) is 6.10 Å². The summed E-state index contributed by atoms with van der Waals surface area (Å²) in [6.45, 7) is 6.33. The van der Waals surface area contributed by atoms with Gasteiger partial charge in [0.1, 0.15) is 12.4 Å². The maximum Gasteiger partial charge on any atom is 0.149 e. The molecule has 1 rings (SSSR count). The van der Waals surface area contributed by atoms with Crippen molar-refractivity contribution in [2.45, 2.75) is 39.4 Å². The van der Waals surface area contributed by atoms with Crippen LogP contribution in [0.2, 0.25) is 0 Å². The average Bonchev–Trinajstić information content (AvgIpc) is 2.31. The van der Waals surface area contributed by atoms with Crippen LogP contribution in [0.25, 0.3) is 0 Å². The number of carbonyl (C=O) groups excluding carboxylic acids is 1. The van der Waals surface area contributed by atoms with Crippen LogP contribution in [0.4, 0.5) is 0 Å². The number of rotatable bonds is 2. The molecule has 11 heavy (non-hydrogen) atoms. The zero-order chi connectivity index (χ0) is 8.43. The molecule has 64 valence electrons. The Morgan fingerprint density at radius 3 is 2.45 bits per heavy atom. The molecule has 0 radical (unpaired) electrons. The van der Waals surface area contributed by atoms with E-state index in [1.165, 1.54) is 0 Å². The quantitative estimate of drug-likeness (QED) is 0.568. The van der Waals surface area contributed by atoms with Crippen molar-refractivity contribution < 1.29 is 9.53 Å². The Labute approximate surface area is 67.9 Å². The lowest BCUT2D eigenvalue weighted by atomic mass is 9.97. The van der Waals surface area contributed by atoms with E-state index < -0.39 is 0 Å². The molecule has 1 saturated heterocycles. The van der Waals surface area contributed by atoms with Crippen molar-refractivity contribution in [2.24, 2.45) is 11.8 Å². The Kier molecular flexibility index (Phi) is 2.66. The Morgan fingerprint density at radius 1 is 1.55 bits per heavy atom. The van der Waals surface area contributed by atoms with Crippen LogP contribution in [0.3, 0.4) is 0 Å². The summed E-state index contributed by atoms with van der Waals surface area (Å²) in [5.41, 5.74) is 0. The smallest absolute Gasteiger partial charge is 0.149 e. The molecule has 0 unspecified atom stereocenters. The number of ether oxygens (including phenoxy) is 1. The standard InChI is InChI=1S/C9H16O2/c1-6(2)8-4-7(3)9(5-10)11-8/h5-9H,4H2,1-3H3/t7-,8+,9-/m0/s1. The third-order valence-electron chi connectivity index (χ3n) is 2.37. The maximum absolute atomic E-state index is 10.5. The fraction of sp³-hybridized carbons (Fsp3) is 0.889. The zero-order valence-corrected chi connectivity index (χ0v) is 7.41. The molecule has 0 amide bonds. The van der Waals surface area contributed by atoms with Crippen LogP contribution >= 0.6 is 0 Å². The maximum atomic E-state index is 10.5. The van der Waals surface area contributed by atoms with Crippen molar-refractivity contribution in [2.75, 3.05) is 0 Å². The Balaban J connectivity index is 2.49. The van der Waals surface area contributed by atoms with E-state index in [0.29, 0.717) is 17.9 Å². The first kappa shape index (κ1) is 8.72. The van der Waals surface area contributed by atoms with Crippen molar-refractivity contribution in [3.8, 4) is 0 Å². The number of hydrogen-bond acceptors (Lipinski definition) is 2. The highest BCUT2D eigenvalue weighted by Gasteiger charge is 2.33. The fourth-order valence-corrected chi connectivity index (χ4v) is 1.49. The highest BCUT2D eigenvalue weighted by Crippen LogP contribution is 2.28. The molecule has 0 aliphatic carbocycles. The molecule has 2 nitrogen and oxygen atoms in total. The Morgan fingerprint density at radius 2 is 2.18 bits per heavy atom. The van der Waals surface area contributed by atoms with Crippen LogP contribution in [-0.2, 0) is 9.53 Å². The molecular formula is C9H16O2. The number of carbonyl (C=O) groups is 1. The van der Waals surface area contributed by atoms with E-state index in [1.54, 1.807) is 0 Å². The Hall–Kier alpha value is -0.370. The molecule has 0 bridgehead atoms. The lowest BCUT2D eigenvalue weighted by molar-refractivity contribution is -0.119. The topological polar surface area (TPSA) is 26.3 Å². The zero-order valence-electron chi connectivity index (χ0n) is 7.41. The van der Waals surface area contributed by atoms with E-state index in [4.69, 9.17) is 4.74 Å². The van der Waals surface area contributed by atoms with Crippen molar-refractivity contribution in [3.63, 3.8) is 0 Å². The summed E-state index contributed by atoms with van der Waals surface area (Å²) in [5.74, 6) is 0.933. The summed E-state index contributed by atoms with van der Waals surface area (Å²) >= 11 is 0. The van der Waals surface area contributed by atoms with Gasteiger partial charge in [0.25, 0.3) is 0 Å². The summed E-state index contributed by atoms with van der Waals surface area (Å²) in [6.07, 6.45) is 2.09. The average molecular weight is 156 g/mol. The van der Waals surface area contributed by atoms with E-state index in [1.807, 2.05) is 0 Å². The molecule has 0 aromatic carbocycles. The number of aldehydes is 1. The van der Waals surface area contributed by atoms with Crippen molar-refractivity contribution in [3.05, 3.63) is 0 Å². The second kappa shape index (κ2) is 3.35. The molecular weight excluding hydrogens is 140 g/mol. The largest absolute Gasteiger partial charge is 0.367 e. The molecule has 0 saturated carbocycles. The van der Waals surface area contributed by atoms with Gasteiger partial charge in [-0.15, -0.1) is 0 Å². The van der Waals surface area contributed by atoms with Gasteiger partial charge in [0, 0.05) is 0 Å². The number of hydrogen-bond donors (Lipinski definition) is 0. The lowest BCUT2D eigenvalue weighted by Gasteiger charge is -2.13. The van der Waals surface area contributed by atoms with Crippen LogP contribution in [0.5, 0.6) is 0 Å². The molecule has 1 aliphatic heterocycles. The van der Waals surface area contributed by atoms with Crippen LogP contribution in [0, 0.1) is 11.8 Å². The first-order chi connectivity index (χ1) is 5.15. The van der Waals surface area contributed by atoms with E-state index in [2.05, 4.69) is 20.8 Å². The molecule has 1 fully saturated rings. The molecule has 1 heterocycles. The fourth-order valence-electron chi connectivity index (χ4n) is 1.49. The van der Waals surface area contributed by atoms with Crippen LogP contribution in [0.1, 0.15) is 27.2 Å². The van der Waals surface area contributed by atoms with E-state index >= 15 is 0 Å². The van der Waals surface area contributed by atoms with Crippen molar-refractivity contribution in [1.29, 1.82) is 0 Å². The first-order valence-electron chi connectivity index (χ1n) is 4.26. The van der Waals surface area contributed by atoms with Gasteiger partial charge >= 0.3 is 0 Å². The molecule has 0 aromatic rings. The van der Waals surface area contributed by atoms with Gasteiger partial charge in [-0.25, -0.2) is 0 Å². The van der Waals surface area contributed by atoms with Gasteiger partial charge in [0.2, 0.25) is 0 Å². The summed E-state index contributed by atoms with van der Waals surface area (Å²) in [5, 5.41) is 0. The molecule has 1 aliphatic rings. The summed E-state index contributed by atoms with van der Waals surface area (Å²) in [6, 6.07) is 0. The molecule has 0 N–H and O–H groups in total. The van der Waals surface area contributed by atoms with Gasteiger partial charge < -0.3 is 9.53 Å². The highest BCUT2D eigenvalue weighted by atomic mass is 16.5. The molecule has 2 heteroatoms. The monoisotopic (exact) mass is 156 g/mol. The molecule has 3 atom stereocenters. The van der Waals surface area contributed by atoms with Crippen molar-refractivity contribution in [1.82, 2.24) is 0 Å². The summed E-state index contributed by atoms with van der Waals surface area (Å²) in [4.78, 5) is 10.5. The van der Waals surface area contributed by atoms with E-state index in [9.17, 15) is 4.79 Å². The highest BCUT2D eigenvalue weighted by molar-refractivity contribution is 5.57. The van der Waals surface area contributed by atoms with Gasteiger partial charge in [-0.1, -0.05) is 20.8 Å².